The fraction of sp³-hybridized carbons (Fsp3) is 0.887. The Morgan fingerprint density at radius 1 is 0.362 bits per heavy atom. The van der Waals surface area contributed by atoms with E-state index in [1.807, 2.05) is 0 Å². The highest BCUT2D eigenvalue weighted by Gasteiger charge is 2.17. The number of ether oxygens (including phenoxy) is 3. The molecule has 0 aromatic rings. The van der Waals surface area contributed by atoms with Crippen molar-refractivity contribution in [1.82, 2.24) is 0 Å². The Morgan fingerprint density at radius 3 is 1.10 bits per heavy atom. The second-order valence-electron chi connectivity index (χ2n) is 17.4. The summed E-state index contributed by atoms with van der Waals surface area (Å²) < 4.78 is 17.4. The van der Waals surface area contributed by atoms with Crippen LogP contribution in [0.1, 0.15) is 278 Å². The molecule has 0 aliphatic carbocycles. The molecule has 5 heteroatoms. The molecule has 0 saturated heterocycles. The Balaban J connectivity index is 4.14. The van der Waals surface area contributed by atoms with Crippen molar-refractivity contribution in [2.45, 2.75) is 284 Å². The van der Waals surface area contributed by atoms with Gasteiger partial charge in [-0.15, -0.1) is 0 Å². The molecule has 0 bridgehead atoms. The van der Waals surface area contributed by atoms with Gasteiger partial charge in [0.05, 0.1) is 6.61 Å². The maximum Gasteiger partial charge on any atom is 0.306 e. The second kappa shape index (κ2) is 49.7. The number of unbranched alkanes of at least 4 members (excludes halogenated alkanes) is 33. The van der Waals surface area contributed by atoms with Crippen LogP contribution in [0, 0.1) is 0 Å². The summed E-state index contributed by atoms with van der Waals surface area (Å²) in [6.07, 6.45) is 57.6. The van der Waals surface area contributed by atoms with Gasteiger partial charge in [-0.05, 0) is 64.2 Å². The van der Waals surface area contributed by atoms with Gasteiger partial charge in [-0.3, -0.25) is 9.59 Å². The van der Waals surface area contributed by atoms with Gasteiger partial charge in [0.2, 0.25) is 0 Å². The fourth-order valence-electron chi connectivity index (χ4n) is 7.55. The summed E-state index contributed by atoms with van der Waals surface area (Å²) in [6.45, 7) is 7.81. The maximum atomic E-state index is 12.7. The first-order chi connectivity index (χ1) is 28.6. The molecule has 0 spiro atoms. The molecule has 0 aliphatic heterocycles. The van der Waals surface area contributed by atoms with E-state index in [1.165, 1.54) is 199 Å². The first-order valence-corrected chi connectivity index (χ1v) is 25.9. The molecule has 342 valence electrons. The van der Waals surface area contributed by atoms with E-state index < -0.39 is 6.10 Å². The molecule has 0 aliphatic rings. The Hall–Kier alpha value is -1.62. The molecule has 0 aromatic carbocycles. The average Bonchev–Trinajstić information content (AvgIpc) is 3.22. The van der Waals surface area contributed by atoms with Crippen LogP contribution in [0.4, 0.5) is 0 Å². The Kier molecular flexibility index (Phi) is 48.4. The predicted octanol–water partition coefficient (Wildman–Crippen LogP) is 17.2. The number of hydrogen-bond acceptors (Lipinski definition) is 5. The number of allylic oxidation sites excluding steroid dienone is 4. The molecule has 0 radical (unpaired) electrons. The van der Waals surface area contributed by atoms with Gasteiger partial charge in [0.1, 0.15) is 6.61 Å². The fourth-order valence-corrected chi connectivity index (χ4v) is 7.55. The average molecular weight is 817 g/mol. The normalized spacial score (nSPS) is 12.3. The van der Waals surface area contributed by atoms with E-state index in [0.717, 1.165) is 44.9 Å². The minimum absolute atomic E-state index is 0.0865. The number of hydrogen-bond donors (Lipinski definition) is 0. The van der Waals surface area contributed by atoms with E-state index >= 15 is 0 Å². The van der Waals surface area contributed by atoms with E-state index in [4.69, 9.17) is 14.2 Å². The lowest BCUT2D eigenvalue weighted by molar-refractivity contribution is -0.163. The van der Waals surface area contributed by atoms with Gasteiger partial charge in [-0.1, -0.05) is 225 Å². The topological polar surface area (TPSA) is 61.8 Å². The molecule has 0 fully saturated rings. The third kappa shape index (κ3) is 47.1. The van der Waals surface area contributed by atoms with Crippen molar-refractivity contribution in [1.29, 1.82) is 0 Å². The first kappa shape index (κ1) is 56.4. The third-order valence-corrected chi connectivity index (χ3v) is 11.5. The van der Waals surface area contributed by atoms with Crippen molar-refractivity contribution < 1.29 is 23.8 Å². The molecule has 1 unspecified atom stereocenters. The molecular weight excluding hydrogens is 717 g/mol. The number of carbonyl (C=O) groups excluding carboxylic acids is 2. The molecule has 0 saturated carbocycles. The van der Waals surface area contributed by atoms with Gasteiger partial charge in [0, 0.05) is 19.4 Å². The van der Waals surface area contributed by atoms with Crippen LogP contribution in [0.3, 0.4) is 0 Å². The van der Waals surface area contributed by atoms with Crippen LogP contribution in [0.25, 0.3) is 0 Å². The quantitative estimate of drug-likeness (QED) is 0.0348. The van der Waals surface area contributed by atoms with Crippen LogP contribution in [0.5, 0.6) is 0 Å². The molecule has 0 N–H and O–H groups in total. The van der Waals surface area contributed by atoms with E-state index in [1.54, 1.807) is 0 Å². The van der Waals surface area contributed by atoms with Crippen molar-refractivity contribution >= 4 is 11.9 Å². The number of rotatable bonds is 48. The second-order valence-corrected chi connectivity index (χ2v) is 17.4. The zero-order chi connectivity index (χ0) is 42.1. The zero-order valence-corrected chi connectivity index (χ0v) is 39.3. The third-order valence-electron chi connectivity index (χ3n) is 11.5. The molecule has 0 aromatic heterocycles. The minimum Gasteiger partial charge on any atom is -0.462 e. The molecule has 5 nitrogen and oxygen atoms in total. The summed E-state index contributed by atoms with van der Waals surface area (Å²) in [7, 11) is 0. The van der Waals surface area contributed by atoms with Crippen LogP contribution in [0.2, 0.25) is 0 Å². The van der Waals surface area contributed by atoms with Gasteiger partial charge >= 0.3 is 11.9 Å². The molecule has 1 atom stereocenters. The maximum absolute atomic E-state index is 12.7. The lowest BCUT2D eigenvalue weighted by Gasteiger charge is -2.18. The number of esters is 2. The summed E-state index contributed by atoms with van der Waals surface area (Å²) in [5.74, 6) is -0.395. The van der Waals surface area contributed by atoms with Crippen LogP contribution in [-0.2, 0) is 23.8 Å². The smallest absolute Gasteiger partial charge is 0.306 e. The SMILES string of the molecule is CCCC/C=C\CCCCCCCC(=O)OCC(COCCCCCCCCCCCC/C=C\CCCCCCCC)OC(=O)CCCCCCCCCCCCC. The first-order valence-electron chi connectivity index (χ1n) is 25.9. The van der Waals surface area contributed by atoms with Crippen LogP contribution in [-0.4, -0.2) is 37.9 Å². The highest BCUT2D eigenvalue weighted by atomic mass is 16.6. The molecule has 0 heterocycles. The lowest BCUT2D eigenvalue weighted by Crippen LogP contribution is -2.30. The van der Waals surface area contributed by atoms with E-state index in [2.05, 4.69) is 45.1 Å². The van der Waals surface area contributed by atoms with Gasteiger partial charge in [-0.25, -0.2) is 0 Å². The van der Waals surface area contributed by atoms with Gasteiger partial charge in [-0.2, -0.15) is 0 Å². The summed E-state index contributed by atoms with van der Waals surface area (Å²) in [5, 5.41) is 0. The lowest BCUT2D eigenvalue weighted by atomic mass is 10.1. The Labute approximate surface area is 362 Å². The van der Waals surface area contributed by atoms with Crippen molar-refractivity contribution in [2.75, 3.05) is 19.8 Å². The predicted molar refractivity (Wildman–Crippen MR) is 252 cm³/mol. The summed E-state index contributed by atoms with van der Waals surface area (Å²) in [4.78, 5) is 25.3. The van der Waals surface area contributed by atoms with Crippen LogP contribution >= 0.6 is 0 Å². The van der Waals surface area contributed by atoms with Gasteiger partial charge in [0.25, 0.3) is 0 Å². The van der Waals surface area contributed by atoms with Crippen molar-refractivity contribution in [3.8, 4) is 0 Å². The van der Waals surface area contributed by atoms with Gasteiger partial charge < -0.3 is 14.2 Å². The summed E-state index contributed by atoms with van der Waals surface area (Å²) >= 11 is 0. The Morgan fingerprint density at radius 2 is 0.690 bits per heavy atom. The Bertz CT molecular complexity index is 882. The summed E-state index contributed by atoms with van der Waals surface area (Å²) in [5.41, 5.74) is 0. The molecular formula is C53H100O5. The zero-order valence-electron chi connectivity index (χ0n) is 39.3. The van der Waals surface area contributed by atoms with E-state index in [-0.39, 0.29) is 18.5 Å². The summed E-state index contributed by atoms with van der Waals surface area (Å²) in [6, 6.07) is 0. The highest BCUT2D eigenvalue weighted by molar-refractivity contribution is 5.70. The molecule has 0 rings (SSSR count). The van der Waals surface area contributed by atoms with Crippen LogP contribution < -0.4 is 0 Å². The monoisotopic (exact) mass is 817 g/mol. The standard InChI is InChI=1S/C53H100O5/c1-4-7-10-13-16-19-22-23-24-25-26-27-28-29-30-33-36-39-42-45-48-56-49-51(58-53(55)47-44-41-38-35-32-21-18-15-12-9-6-3)50-57-52(54)46-43-40-37-34-31-20-17-14-11-8-5-2/h14,17,23-24,51H,4-13,15-16,18-22,25-50H2,1-3H3/b17-14-,24-23-. The van der Waals surface area contributed by atoms with E-state index in [9.17, 15) is 9.59 Å². The molecule has 0 amide bonds. The van der Waals surface area contributed by atoms with Crippen molar-refractivity contribution in [3.63, 3.8) is 0 Å². The highest BCUT2D eigenvalue weighted by Crippen LogP contribution is 2.15. The van der Waals surface area contributed by atoms with Gasteiger partial charge in [0.15, 0.2) is 6.10 Å². The van der Waals surface area contributed by atoms with E-state index in [0.29, 0.717) is 26.1 Å². The van der Waals surface area contributed by atoms with Crippen molar-refractivity contribution in [2.24, 2.45) is 0 Å². The van der Waals surface area contributed by atoms with Crippen LogP contribution in [0.15, 0.2) is 24.3 Å². The largest absolute Gasteiger partial charge is 0.462 e. The minimum atomic E-state index is -0.532. The number of carbonyl (C=O) groups is 2. The van der Waals surface area contributed by atoms with Crippen molar-refractivity contribution in [3.05, 3.63) is 24.3 Å². The molecule has 58 heavy (non-hydrogen) atoms.